The van der Waals surface area contributed by atoms with Gasteiger partial charge < -0.3 is 9.30 Å². The quantitative estimate of drug-likeness (QED) is 0.685. The number of benzene rings is 2. The number of nitrogens with zero attached hydrogens (tertiary/aromatic N) is 2. The number of carbonyl (C=O) groups excluding carboxylic acids is 1. The summed E-state index contributed by atoms with van der Waals surface area (Å²) >= 11 is 0. The predicted octanol–water partition coefficient (Wildman–Crippen LogP) is 3.92. The Morgan fingerprint density at radius 2 is 1.83 bits per heavy atom. The highest BCUT2D eigenvalue weighted by atomic mass is 16.5. The molecular formula is C20H16N2O2. The van der Waals surface area contributed by atoms with Crippen molar-refractivity contribution in [3.05, 3.63) is 83.7 Å². The molecule has 0 amide bonds. The molecule has 24 heavy (non-hydrogen) atoms. The van der Waals surface area contributed by atoms with Gasteiger partial charge in [0, 0.05) is 13.2 Å². The predicted molar refractivity (Wildman–Crippen MR) is 91.1 cm³/mol. The lowest BCUT2D eigenvalue weighted by atomic mass is 9.99. The molecule has 0 bridgehead atoms. The van der Waals surface area contributed by atoms with Crippen molar-refractivity contribution in [2.45, 2.75) is 6.61 Å². The molecule has 0 saturated heterocycles. The van der Waals surface area contributed by atoms with E-state index < -0.39 is 0 Å². The second-order valence-corrected chi connectivity index (χ2v) is 5.43. The van der Waals surface area contributed by atoms with E-state index in [1.54, 1.807) is 36.0 Å². The van der Waals surface area contributed by atoms with Crippen LogP contribution in [-0.2, 0) is 18.4 Å². The lowest BCUT2D eigenvalue weighted by molar-refractivity contribution is 0.0461. The average molecular weight is 316 g/mol. The Morgan fingerprint density at radius 1 is 1.08 bits per heavy atom. The lowest BCUT2D eigenvalue weighted by Gasteiger charge is -2.08. The molecule has 0 N–H and O–H groups in total. The minimum atomic E-state index is -0.346. The minimum absolute atomic E-state index is 0.212. The van der Waals surface area contributed by atoms with Gasteiger partial charge in [-0.05, 0) is 34.9 Å². The van der Waals surface area contributed by atoms with Crippen molar-refractivity contribution in [3.8, 4) is 17.2 Å². The number of esters is 1. The molecule has 0 unspecified atom stereocenters. The fraction of sp³-hybridized carbons (Fsp3) is 0.100. The van der Waals surface area contributed by atoms with Gasteiger partial charge in [-0.1, -0.05) is 42.5 Å². The van der Waals surface area contributed by atoms with Crippen LogP contribution in [-0.4, -0.2) is 10.5 Å². The van der Waals surface area contributed by atoms with Gasteiger partial charge >= 0.3 is 5.97 Å². The summed E-state index contributed by atoms with van der Waals surface area (Å²) in [4.78, 5) is 12.0. The number of carbonyl (C=O) groups is 1. The SMILES string of the molecule is Cn1cccc1C(=O)OCc1ccc(-c2ccccc2C#N)cc1. The van der Waals surface area contributed by atoms with Crippen molar-refractivity contribution in [2.24, 2.45) is 7.05 Å². The van der Waals surface area contributed by atoms with E-state index in [-0.39, 0.29) is 12.6 Å². The highest BCUT2D eigenvalue weighted by molar-refractivity contribution is 5.87. The van der Waals surface area contributed by atoms with Crippen LogP contribution < -0.4 is 0 Å². The van der Waals surface area contributed by atoms with Crippen LogP contribution in [0.4, 0.5) is 0 Å². The third-order valence-electron chi connectivity index (χ3n) is 3.84. The standard InChI is InChI=1S/C20H16N2O2/c1-22-12-4-7-19(22)20(23)24-14-15-8-10-16(11-9-15)18-6-3-2-5-17(18)13-21/h2-12H,14H2,1H3. The molecular weight excluding hydrogens is 300 g/mol. The molecule has 0 fully saturated rings. The van der Waals surface area contributed by atoms with Crippen LogP contribution in [0.15, 0.2) is 66.9 Å². The van der Waals surface area contributed by atoms with Gasteiger partial charge in [0.15, 0.2) is 0 Å². The first-order valence-electron chi connectivity index (χ1n) is 7.56. The number of nitriles is 1. The molecule has 118 valence electrons. The molecule has 0 aliphatic rings. The molecule has 1 heterocycles. The number of rotatable bonds is 4. The monoisotopic (exact) mass is 316 g/mol. The normalized spacial score (nSPS) is 10.2. The summed E-state index contributed by atoms with van der Waals surface area (Å²) in [7, 11) is 1.80. The summed E-state index contributed by atoms with van der Waals surface area (Å²) < 4.78 is 7.06. The van der Waals surface area contributed by atoms with Gasteiger partial charge in [-0.25, -0.2) is 4.79 Å². The van der Waals surface area contributed by atoms with Crippen molar-refractivity contribution in [1.82, 2.24) is 4.57 Å². The number of aryl methyl sites for hydroxylation is 1. The van der Waals surface area contributed by atoms with E-state index >= 15 is 0 Å². The van der Waals surface area contributed by atoms with Gasteiger partial charge in [0.25, 0.3) is 0 Å². The zero-order chi connectivity index (χ0) is 16.9. The van der Waals surface area contributed by atoms with Crippen LogP contribution in [0.5, 0.6) is 0 Å². The van der Waals surface area contributed by atoms with Gasteiger partial charge in [-0.3, -0.25) is 0 Å². The summed E-state index contributed by atoms with van der Waals surface area (Å²) in [6.45, 7) is 0.212. The maximum atomic E-state index is 12.0. The van der Waals surface area contributed by atoms with Crippen molar-refractivity contribution >= 4 is 5.97 Å². The third kappa shape index (κ3) is 3.21. The zero-order valence-electron chi connectivity index (χ0n) is 13.3. The molecule has 4 nitrogen and oxygen atoms in total. The smallest absolute Gasteiger partial charge is 0.355 e. The molecule has 0 spiro atoms. The van der Waals surface area contributed by atoms with Crippen LogP contribution in [0, 0.1) is 11.3 Å². The van der Waals surface area contributed by atoms with Crippen molar-refractivity contribution in [1.29, 1.82) is 5.26 Å². The molecule has 3 aromatic rings. The summed E-state index contributed by atoms with van der Waals surface area (Å²) in [6, 6.07) is 20.9. The van der Waals surface area contributed by atoms with Crippen molar-refractivity contribution < 1.29 is 9.53 Å². The molecule has 4 heteroatoms. The molecule has 0 saturated carbocycles. The molecule has 0 aliphatic heterocycles. The van der Waals surface area contributed by atoms with E-state index in [2.05, 4.69) is 6.07 Å². The first kappa shape index (κ1) is 15.6. The third-order valence-corrected chi connectivity index (χ3v) is 3.84. The first-order chi connectivity index (χ1) is 11.7. The van der Waals surface area contributed by atoms with Crippen LogP contribution >= 0.6 is 0 Å². The maximum Gasteiger partial charge on any atom is 0.355 e. The first-order valence-corrected chi connectivity index (χ1v) is 7.56. The zero-order valence-corrected chi connectivity index (χ0v) is 13.3. The summed E-state index contributed by atoms with van der Waals surface area (Å²) in [6.07, 6.45) is 1.80. The van der Waals surface area contributed by atoms with Gasteiger partial charge in [0.1, 0.15) is 12.3 Å². The van der Waals surface area contributed by atoms with Gasteiger partial charge in [-0.15, -0.1) is 0 Å². The summed E-state index contributed by atoms with van der Waals surface area (Å²) in [5, 5.41) is 9.18. The fourth-order valence-electron chi connectivity index (χ4n) is 2.51. The highest BCUT2D eigenvalue weighted by Crippen LogP contribution is 2.23. The van der Waals surface area contributed by atoms with E-state index in [9.17, 15) is 10.1 Å². The summed E-state index contributed by atoms with van der Waals surface area (Å²) in [5.74, 6) is -0.346. The van der Waals surface area contributed by atoms with Gasteiger partial charge in [0.2, 0.25) is 0 Å². The molecule has 0 aliphatic carbocycles. The lowest BCUT2D eigenvalue weighted by Crippen LogP contribution is -2.09. The molecule has 2 aromatic carbocycles. The Labute approximate surface area is 140 Å². The highest BCUT2D eigenvalue weighted by Gasteiger charge is 2.10. The van der Waals surface area contributed by atoms with Gasteiger partial charge in [-0.2, -0.15) is 5.26 Å². The Bertz CT molecular complexity index is 902. The molecule has 3 rings (SSSR count). The van der Waals surface area contributed by atoms with Gasteiger partial charge in [0.05, 0.1) is 11.6 Å². The van der Waals surface area contributed by atoms with E-state index in [0.717, 1.165) is 16.7 Å². The number of aromatic nitrogens is 1. The number of hydrogen-bond acceptors (Lipinski definition) is 3. The van der Waals surface area contributed by atoms with E-state index in [1.807, 2.05) is 42.5 Å². The second kappa shape index (κ2) is 6.84. The average Bonchev–Trinajstić information content (AvgIpc) is 3.06. The minimum Gasteiger partial charge on any atom is -0.456 e. The van der Waals surface area contributed by atoms with Crippen LogP contribution in [0.2, 0.25) is 0 Å². The van der Waals surface area contributed by atoms with Crippen molar-refractivity contribution in [2.75, 3.05) is 0 Å². The maximum absolute atomic E-state index is 12.0. The largest absolute Gasteiger partial charge is 0.456 e. The summed E-state index contributed by atoms with van der Waals surface area (Å²) in [5.41, 5.74) is 3.92. The van der Waals surface area contributed by atoms with Crippen LogP contribution in [0.3, 0.4) is 0 Å². The number of hydrogen-bond donors (Lipinski definition) is 0. The van der Waals surface area contributed by atoms with E-state index in [0.29, 0.717) is 11.3 Å². The Balaban J connectivity index is 1.70. The Kier molecular flexibility index (Phi) is 4.44. The fourth-order valence-corrected chi connectivity index (χ4v) is 2.51. The van der Waals surface area contributed by atoms with Crippen LogP contribution in [0.25, 0.3) is 11.1 Å². The van der Waals surface area contributed by atoms with E-state index in [1.165, 1.54) is 0 Å². The topological polar surface area (TPSA) is 55.0 Å². The Hall–Kier alpha value is -3.32. The molecule has 0 atom stereocenters. The number of ether oxygens (including phenoxy) is 1. The Morgan fingerprint density at radius 3 is 2.50 bits per heavy atom. The second-order valence-electron chi connectivity index (χ2n) is 5.43. The molecule has 1 aromatic heterocycles. The van der Waals surface area contributed by atoms with E-state index in [4.69, 9.17) is 4.74 Å². The van der Waals surface area contributed by atoms with Crippen molar-refractivity contribution in [3.63, 3.8) is 0 Å². The van der Waals surface area contributed by atoms with Crippen LogP contribution in [0.1, 0.15) is 21.6 Å². The molecule has 0 radical (unpaired) electrons.